The highest BCUT2D eigenvalue weighted by molar-refractivity contribution is 6.37. The number of urea groups is 1. The summed E-state index contributed by atoms with van der Waals surface area (Å²) in [6, 6.07) is 1.97. The molecule has 1 aromatic rings. The molecule has 4 N–H and O–H groups in total. The number of amides is 3. The van der Waals surface area contributed by atoms with Gasteiger partial charge in [0.2, 0.25) is 0 Å². The zero-order chi connectivity index (χ0) is 16.9. The Labute approximate surface area is 137 Å². The minimum absolute atomic E-state index is 0.00704. The molecule has 120 valence electrons. The molecule has 0 spiro atoms. The van der Waals surface area contributed by atoms with Gasteiger partial charge < -0.3 is 15.8 Å². The fourth-order valence-electron chi connectivity index (χ4n) is 1.45. The standard InChI is InChI=1S/C13H15Cl2N3O4/c1-3-17-13(21)18-11(19)6(2)22-12(20)8-4-7(14)5-9(15)10(8)16/h4-6H,3,16H2,1-2H3,(H2,17,18,19,21). The number of ether oxygens (including phenoxy) is 1. The van der Waals surface area contributed by atoms with Crippen LogP contribution in [0.2, 0.25) is 10.0 Å². The van der Waals surface area contributed by atoms with Crippen LogP contribution in [0.5, 0.6) is 0 Å². The maximum absolute atomic E-state index is 12.0. The number of nitrogen functional groups attached to an aromatic ring is 1. The Hall–Kier alpha value is -1.99. The summed E-state index contributed by atoms with van der Waals surface area (Å²) in [5.41, 5.74) is 5.60. The molecule has 9 heteroatoms. The Balaban J connectivity index is 2.76. The van der Waals surface area contributed by atoms with Crippen LogP contribution < -0.4 is 16.4 Å². The Morgan fingerprint density at radius 1 is 1.32 bits per heavy atom. The third-order valence-electron chi connectivity index (χ3n) is 2.54. The third kappa shape index (κ3) is 4.78. The fraction of sp³-hybridized carbons (Fsp3) is 0.308. The number of benzene rings is 1. The lowest BCUT2D eigenvalue weighted by molar-refractivity contribution is -0.127. The Morgan fingerprint density at radius 3 is 2.55 bits per heavy atom. The monoisotopic (exact) mass is 347 g/mol. The van der Waals surface area contributed by atoms with E-state index in [1.165, 1.54) is 19.1 Å². The van der Waals surface area contributed by atoms with E-state index in [0.717, 1.165) is 0 Å². The predicted molar refractivity (Wildman–Crippen MR) is 83.0 cm³/mol. The Bertz CT molecular complexity index is 607. The number of rotatable bonds is 4. The molecule has 0 aliphatic heterocycles. The minimum Gasteiger partial charge on any atom is -0.449 e. The van der Waals surface area contributed by atoms with E-state index in [1.807, 2.05) is 5.32 Å². The van der Waals surface area contributed by atoms with Gasteiger partial charge in [-0.25, -0.2) is 9.59 Å². The molecule has 0 fully saturated rings. The predicted octanol–water partition coefficient (Wildman–Crippen LogP) is 1.97. The second-order valence-corrected chi connectivity index (χ2v) is 5.09. The summed E-state index contributed by atoms with van der Waals surface area (Å²) in [4.78, 5) is 34.9. The van der Waals surface area contributed by atoms with E-state index in [1.54, 1.807) is 6.92 Å². The van der Waals surface area contributed by atoms with E-state index < -0.39 is 24.0 Å². The van der Waals surface area contributed by atoms with Gasteiger partial charge in [0, 0.05) is 11.6 Å². The van der Waals surface area contributed by atoms with Crippen LogP contribution in [0.25, 0.3) is 0 Å². The maximum atomic E-state index is 12.0. The lowest BCUT2D eigenvalue weighted by atomic mass is 10.2. The molecule has 1 aromatic carbocycles. The molecule has 0 saturated carbocycles. The number of anilines is 1. The Kier molecular flexibility index (Phi) is 6.45. The van der Waals surface area contributed by atoms with E-state index in [-0.39, 0.29) is 21.3 Å². The van der Waals surface area contributed by atoms with Gasteiger partial charge in [-0.05, 0) is 26.0 Å². The van der Waals surface area contributed by atoms with E-state index in [2.05, 4.69) is 5.32 Å². The molecule has 1 atom stereocenters. The topological polar surface area (TPSA) is 111 Å². The number of nitrogens with two attached hydrogens (primary N) is 1. The first-order valence-corrected chi connectivity index (χ1v) is 7.06. The van der Waals surface area contributed by atoms with Crippen LogP contribution in [0, 0.1) is 0 Å². The van der Waals surface area contributed by atoms with Crippen molar-refractivity contribution >= 4 is 46.8 Å². The molecule has 0 saturated heterocycles. The minimum atomic E-state index is -1.20. The van der Waals surface area contributed by atoms with Crippen molar-refractivity contribution in [3.05, 3.63) is 27.7 Å². The van der Waals surface area contributed by atoms with Crippen molar-refractivity contribution in [3.8, 4) is 0 Å². The SMILES string of the molecule is CCNC(=O)NC(=O)C(C)OC(=O)c1cc(Cl)cc(Cl)c1N. The van der Waals surface area contributed by atoms with Gasteiger partial charge in [0.15, 0.2) is 6.10 Å². The van der Waals surface area contributed by atoms with Gasteiger partial charge in [-0.1, -0.05) is 23.2 Å². The molecular formula is C13H15Cl2N3O4. The van der Waals surface area contributed by atoms with Crippen molar-refractivity contribution in [3.63, 3.8) is 0 Å². The van der Waals surface area contributed by atoms with E-state index >= 15 is 0 Å². The van der Waals surface area contributed by atoms with Gasteiger partial charge in [-0.15, -0.1) is 0 Å². The normalized spacial score (nSPS) is 11.5. The second-order valence-electron chi connectivity index (χ2n) is 4.25. The first-order valence-electron chi connectivity index (χ1n) is 6.30. The summed E-state index contributed by atoms with van der Waals surface area (Å²) in [6.45, 7) is 3.36. The highest BCUT2D eigenvalue weighted by Crippen LogP contribution is 2.28. The second kappa shape index (κ2) is 7.86. The van der Waals surface area contributed by atoms with Gasteiger partial charge >= 0.3 is 12.0 Å². The average Bonchev–Trinajstić information content (AvgIpc) is 2.42. The summed E-state index contributed by atoms with van der Waals surface area (Å²) in [6.07, 6.45) is -1.20. The van der Waals surface area contributed by atoms with Crippen LogP contribution in [-0.4, -0.2) is 30.6 Å². The van der Waals surface area contributed by atoms with Crippen molar-refractivity contribution in [2.24, 2.45) is 0 Å². The molecule has 7 nitrogen and oxygen atoms in total. The molecule has 0 radical (unpaired) electrons. The third-order valence-corrected chi connectivity index (χ3v) is 3.07. The molecule has 0 aromatic heterocycles. The molecular weight excluding hydrogens is 333 g/mol. The van der Waals surface area contributed by atoms with Crippen LogP contribution in [-0.2, 0) is 9.53 Å². The lowest BCUT2D eigenvalue weighted by Crippen LogP contribution is -2.44. The number of nitrogens with one attached hydrogen (secondary N) is 2. The van der Waals surface area contributed by atoms with Crippen molar-refractivity contribution in [1.82, 2.24) is 10.6 Å². The molecule has 0 bridgehead atoms. The van der Waals surface area contributed by atoms with Crippen molar-refractivity contribution in [2.75, 3.05) is 12.3 Å². The maximum Gasteiger partial charge on any atom is 0.341 e. The number of carbonyl (C=O) groups excluding carboxylic acids is 3. The van der Waals surface area contributed by atoms with Gasteiger partial charge in [0.1, 0.15) is 0 Å². The van der Waals surface area contributed by atoms with E-state index in [4.69, 9.17) is 33.7 Å². The number of hydrogen-bond donors (Lipinski definition) is 3. The van der Waals surface area contributed by atoms with Crippen LogP contribution in [0.4, 0.5) is 10.5 Å². The van der Waals surface area contributed by atoms with Crippen molar-refractivity contribution in [2.45, 2.75) is 20.0 Å². The fourth-order valence-corrected chi connectivity index (χ4v) is 1.94. The molecule has 0 heterocycles. The summed E-state index contributed by atoms with van der Waals surface area (Å²) in [5.74, 6) is -1.65. The van der Waals surface area contributed by atoms with Gasteiger partial charge in [-0.3, -0.25) is 10.1 Å². The molecule has 1 unspecified atom stereocenters. The zero-order valence-corrected chi connectivity index (χ0v) is 13.4. The number of carbonyl (C=O) groups is 3. The van der Waals surface area contributed by atoms with Crippen LogP contribution in [0.3, 0.4) is 0 Å². The first kappa shape index (κ1) is 18.1. The van der Waals surface area contributed by atoms with Gasteiger partial charge in [-0.2, -0.15) is 0 Å². The molecule has 0 aliphatic carbocycles. The largest absolute Gasteiger partial charge is 0.449 e. The summed E-state index contributed by atoms with van der Waals surface area (Å²) in [5, 5.41) is 4.70. The van der Waals surface area contributed by atoms with E-state index in [0.29, 0.717) is 6.54 Å². The average molecular weight is 348 g/mol. The molecule has 3 amide bonds. The Morgan fingerprint density at radius 2 is 1.95 bits per heavy atom. The van der Waals surface area contributed by atoms with Crippen molar-refractivity contribution < 1.29 is 19.1 Å². The molecule has 0 aliphatic rings. The number of hydrogen-bond acceptors (Lipinski definition) is 5. The zero-order valence-electron chi connectivity index (χ0n) is 11.9. The number of halogens is 2. The first-order chi connectivity index (χ1) is 10.3. The molecule has 1 rings (SSSR count). The van der Waals surface area contributed by atoms with Crippen LogP contribution >= 0.6 is 23.2 Å². The summed E-state index contributed by atoms with van der Waals surface area (Å²) >= 11 is 11.6. The number of imide groups is 1. The smallest absolute Gasteiger partial charge is 0.341 e. The van der Waals surface area contributed by atoms with Crippen LogP contribution in [0.1, 0.15) is 24.2 Å². The van der Waals surface area contributed by atoms with Gasteiger partial charge in [0.05, 0.1) is 16.3 Å². The van der Waals surface area contributed by atoms with E-state index in [9.17, 15) is 14.4 Å². The summed E-state index contributed by atoms with van der Waals surface area (Å²) in [7, 11) is 0. The van der Waals surface area contributed by atoms with Crippen LogP contribution in [0.15, 0.2) is 12.1 Å². The quantitative estimate of drug-likeness (QED) is 0.569. The highest BCUT2D eigenvalue weighted by Gasteiger charge is 2.22. The van der Waals surface area contributed by atoms with Gasteiger partial charge in [0.25, 0.3) is 5.91 Å². The molecule has 22 heavy (non-hydrogen) atoms. The lowest BCUT2D eigenvalue weighted by Gasteiger charge is -2.14. The summed E-state index contributed by atoms with van der Waals surface area (Å²) < 4.78 is 4.94. The highest BCUT2D eigenvalue weighted by atomic mass is 35.5. The number of esters is 1. The van der Waals surface area contributed by atoms with Crippen molar-refractivity contribution in [1.29, 1.82) is 0 Å².